The lowest BCUT2D eigenvalue weighted by molar-refractivity contribution is 0.599. The fraction of sp³-hybridized carbons (Fsp3) is 0.636. The maximum absolute atomic E-state index is 11.3. The molecule has 7 heteroatoms. The van der Waals surface area contributed by atoms with Crippen molar-refractivity contribution in [2.24, 2.45) is 0 Å². The Morgan fingerprint density at radius 3 is 2.56 bits per heavy atom. The fourth-order valence-electron chi connectivity index (χ4n) is 1.72. The number of hydrogen-bond acceptors (Lipinski definition) is 5. The highest BCUT2D eigenvalue weighted by atomic mass is 79.9. The zero-order valence-electron chi connectivity index (χ0n) is 10.4. The fourth-order valence-corrected chi connectivity index (χ4v) is 2.96. The van der Waals surface area contributed by atoms with Gasteiger partial charge in [-0.25, -0.2) is 18.4 Å². The van der Waals surface area contributed by atoms with Gasteiger partial charge in [-0.3, -0.25) is 0 Å². The maximum atomic E-state index is 11.3. The Balaban J connectivity index is 2.41. The highest BCUT2D eigenvalue weighted by molar-refractivity contribution is 9.10. The maximum Gasteiger partial charge on any atom is 0.154 e. The van der Waals surface area contributed by atoms with Crippen LogP contribution in [0, 0.1) is 0 Å². The minimum absolute atomic E-state index is 0.113. The average Bonchev–Trinajstić information content (AvgIpc) is 3.04. The number of nitrogens with zero attached hydrogens (tertiary/aromatic N) is 2. The van der Waals surface area contributed by atoms with E-state index in [1.54, 1.807) is 0 Å². The molecule has 0 aromatic carbocycles. The second-order valence-electron chi connectivity index (χ2n) is 4.56. The number of sulfone groups is 1. The van der Waals surface area contributed by atoms with Gasteiger partial charge in [0, 0.05) is 18.7 Å². The third-order valence-electron chi connectivity index (χ3n) is 2.62. The first-order chi connectivity index (χ1) is 8.40. The highest BCUT2D eigenvalue weighted by Gasteiger charge is 2.29. The lowest BCUT2D eigenvalue weighted by Gasteiger charge is -2.11. The quantitative estimate of drug-likeness (QED) is 0.893. The van der Waals surface area contributed by atoms with Crippen LogP contribution in [0.15, 0.2) is 4.47 Å². The summed E-state index contributed by atoms with van der Waals surface area (Å²) in [7, 11) is -3.11. The van der Waals surface area contributed by atoms with E-state index >= 15 is 0 Å². The molecule has 1 aliphatic carbocycles. The molecule has 1 aromatic heterocycles. The average molecular weight is 334 g/mol. The Morgan fingerprint density at radius 1 is 1.39 bits per heavy atom. The number of nitrogens with one attached hydrogen (secondary N) is 1. The number of rotatable bonds is 5. The standard InChI is InChI=1S/C11H16BrN3O2S/c1-3-13-11-9(12)10(7-4-5-7)14-8(15-11)6-18(2,16)17/h7H,3-6H2,1-2H3,(H,13,14,15). The van der Waals surface area contributed by atoms with Crippen molar-refractivity contribution >= 4 is 31.6 Å². The largest absolute Gasteiger partial charge is 0.369 e. The summed E-state index contributed by atoms with van der Waals surface area (Å²) in [6.07, 6.45) is 3.42. The van der Waals surface area contributed by atoms with Crippen molar-refractivity contribution in [3.8, 4) is 0 Å². The van der Waals surface area contributed by atoms with Gasteiger partial charge in [-0.15, -0.1) is 0 Å². The molecule has 5 nitrogen and oxygen atoms in total. The van der Waals surface area contributed by atoms with Crippen LogP contribution in [0.4, 0.5) is 5.82 Å². The van der Waals surface area contributed by atoms with Gasteiger partial charge in [-0.2, -0.15) is 0 Å². The van der Waals surface area contributed by atoms with Gasteiger partial charge in [0.05, 0.1) is 10.2 Å². The van der Waals surface area contributed by atoms with Crippen LogP contribution < -0.4 is 5.32 Å². The first-order valence-corrected chi connectivity index (χ1v) is 8.74. The molecule has 0 bridgehead atoms. The van der Waals surface area contributed by atoms with Crippen molar-refractivity contribution < 1.29 is 8.42 Å². The molecule has 0 aliphatic heterocycles. The van der Waals surface area contributed by atoms with Crippen LogP contribution >= 0.6 is 15.9 Å². The smallest absolute Gasteiger partial charge is 0.154 e. The normalized spacial score (nSPS) is 15.7. The molecule has 0 saturated heterocycles. The highest BCUT2D eigenvalue weighted by Crippen LogP contribution is 2.43. The Bertz CT molecular complexity index is 556. The van der Waals surface area contributed by atoms with Crippen LogP contribution in [0.2, 0.25) is 0 Å². The molecule has 0 unspecified atom stereocenters. The van der Waals surface area contributed by atoms with Crippen LogP contribution in [0.1, 0.15) is 37.2 Å². The van der Waals surface area contributed by atoms with Crippen molar-refractivity contribution in [2.75, 3.05) is 18.1 Å². The van der Waals surface area contributed by atoms with Gasteiger partial charge in [0.15, 0.2) is 9.84 Å². The van der Waals surface area contributed by atoms with Crippen LogP contribution in [0.5, 0.6) is 0 Å². The Morgan fingerprint density at radius 2 is 2.06 bits per heavy atom. The van der Waals surface area contributed by atoms with Gasteiger partial charge < -0.3 is 5.32 Å². The molecule has 0 radical (unpaired) electrons. The molecule has 1 aliphatic rings. The molecular formula is C11H16BrN3O2S. The predicted molar refractivity (Wildman–Crippen MR) is 74.4 cm³/mol. The van der Waals surface area contributed by atoms with Crippen molar-refractivity contribution in [2.45, 2.75) is 31.4 Å². The zero-order chi connectivity index (χ0) is 13.3. The minimum atomic E-state index is -3.11. The lowest BCUT2D eigenvalue weighted by atomic mass is 10.2. The molecule has 1 fully saturated rings. The van der Waals surface area contributed by atoms with Crippen LogP contribution in [0.3, 0.4) is 0 Å². The van der Waals surface area contributed by atoms with Gasteiger partial charge in [-0.05, 0) is 35.7 Å². The van der Waals surface area contributed by atoms with Crippen molar-refractivity contribution in [1.82, 2.24) is 9.97 Å². The summed E-state index contributed by atoms with van der Waals surface area (Å²) in [5.41, 5.74) is 0.930. The first-order valence-electron chi connectivity index (χ1n) is 5.88. The summed E-state index contributed by atoms with van der Waals surface area (Å²) >= 11 is 3.50. The lowest BCUT2D eigenvalue weighted by Crippen LogP contribution is -2.11. The van der Waals surface area contributed by atoms with Gasteiger partial charge in [0.2, 0.25) is 0 Å². The van der Waals surface area contributed by atoms with E-state index in [2.05, 4.69) is 31.2 Å². The van der Waals surface area contributed by atoms with E-state index in [1.807, 2.05) is 6.92 Å². The topological polar surface area (TPSA) is 72.0 Å². The summed E-state index contributed by atoms with van der Waals surface area (Å²) in [4.78, 5) is 8.66. The monoisotopic (exact) mass is 333 g/mol. The van der Waals surface area contributed by atoms with Crippen LogP contribution in [-0.4, -0.2) is 31.2 Å². The second-order valence-corrected chi connectivity index (χ2v) is 7.50. The second kappa shape index (κ2) is 5.13. The molecular weight excluding hydrogens is 318 g/mol. The van der Waals surface area contributed by atoms with E-state index in [9.17, 15) is 8.42 Å². The summed E-state index contributed by atoms with van der Waals surface area (Å²) in [5.74, 6) is 1.39. The van der Waals surface area contributed by atoms with Gasteiger partial charge >= 0.3 is 0 Å². The molecule has 1 N–H and O–H groups in total. The van der Waals surface area contributed by atoms with Gasteiger partial charge in [-0.1, -0.05) is 0 Å². The summed E-state index contributed by atoms with van der Waals surface area (Å²) in [5, 5.41) is 3.13. The minimum Gasteiger partial charge on any atom is -0.369 e. The van der Waals surface area contributed by atoms with Crippen molar-refractivity contribution in [3.63, 3.8) is 0 Å². The molecule has 1 saturated carbocycles. The molecule has 0 atom stereocenters. The summed E-state index contributed by atoms with van der Waals surface area (Å²) < 4.78 is 23.5. The number of anilines is 1. The van der Waals surface area contributed by atoms with E-state index in [1.165, 1.54) is 6.26 Å². The molecule has 2 rings (SSSR count). The van der Waals surface area contributed by atoms with Gasteiger partial charge in [0.25, 0.3) is 0 Å². The number of hydrogen-bond donors (Lipinski definition) is 1. The Hall–Kier alpha value is -0.690. The first kappa shape index (κ1) is 13.7. The molecule has 0 spiro atoms. The Kier molecular flexibility index (Phi) is 3.91. The van der Waals surface area contributed by atoms with E-state index < -0.39 is 9.84 Å². The number of aromatic nitrogens is 2. The van der Waals surface area contributed by atoms with Crippen molar-refractivity contribution in [3.05, 3.63) is 16.0 Å². The molecule has 1 heterocycles. The van der Waals surface area contributed by atoms with E-state index in [0.29, 0.717) is 17.6 Å². The molecule has 100 valence electrons. The van der Waals surface area contributed by atoms with Crippen molar-refractivity contribution in [1.29, 1.82) is 0 Å². The summed E-state index contributed by atoms with van der Waals surface area (Å²) in [6, 6.07) is 0. The number of halogens is 1. The molecule has 0 amide bonds. The van der Waals surface area contributed by atoms with E-state index in [-0.39, 0.29) is 5.75 Å². The van der Waals surface area contributed by atoms with Crippen LogP contribution in [0.25, 0.3) is 0 Å². The SMILES string of the molecule is CCNc1nc(CS(C)(=O)=O)nc(C2CC2)c1Br. The van der Waals surface area contributed by atoms with E-state index in [4.69, 9.17) is 0 Å². The summed E-state index contributed by atoms with van der Waals surface area (Å²) in [6.45, 7) is 2.71. The third-order valence-corrected chi connectivity index (χ3v) is 4.19. The predicted octanol–water partition coefficient (Wildman–Crippen LogP) is 2.09. The van der Waals surface area contributed by atoms with Crippen LogP contribution in [-0.2, 0) is 15.6 Å². The Labute approximate surface area is 115 Å². The zero-order valence-corrected chi connectivity index (χ0v) is 12.8. The van der Waals surface area contributed by atoms with E-state index in [0.717, 1.165) is 29.6 Å². The molecule has 1 aromatic rings. The third kappa shape index (κ3) is 3.41. The van der Waals surface area contributed by atoms with Gasteiger partial charge in [0.1, 0.15) is 17.4 Å². The molecule has 18 heavy (non-hydrogen) atoms.